The van der Waals surface area contributed by atoms with Crippen molar-refractivity contribution in [2.45, 2.75) is 38.0 Å². The molecule has 18 heavy (non-hydrogen) atoms. The molecule has 1 unspecified atom stereocenters. The Bertz CT molecular complexity index is 479. The van der Waals surface area contributed by atoms with Crippen molar-refractivity contribution in [3.05, 3.63) is 28.8 Å². The van der Waals surface area contributed by atoms with E-state index in [9.17, 15) is 4.79 Å². The van der Waals surface area contributed by atoms with Gasteiger partial charge in [-0.25, -0.2) is 0 Å². The summed E-state index contributed by atoms with van der Waals surface area (Å²) in [6.45, 7) is 0.801. The Labute approximate surface area is 107 Å². The summed E-state index contributed by atoms with van der Waals surface area (Å²) in [6.07, 6.45) is 4.73. The SMILES string of the molecule is COC(=O)CCC1CCc2ccc3c(c21)CCO3. The van der Waals surface area contributed by atoms with Crippen LogP contribution in [0.1, 0.15) is 41.9 Å². The van der Waals surface area contributed by atoms with Gasteiger partial charge in [0.1, 0.15) is 5.75 Å². The molecule has 1 aromatic rings. The van der Waals surface area contributed by atoms with Crippen LogP contribution in [-0.4, -0.2) is 19.7 Å². The lowest BCUT2D eigenvalue weighted by molar-refractivity contribution is -0.140. The number of aryl methyl sites for hydroxylation is 1. The third-order valence-electron chi connectivity index (χ3n) is 4.11. The smallest absolute Gasteiger partial charge is 0.305 e. The summed E-state index contributed by atoms with van der Waals surface area (Å²) in [4.78, 5) is 11.3. The lowest BCUT2D eigenvalue weighted by Crippen LogP contribution is -2.04. The van der Waals surface area contributed by atoms with Gasteiger partial charge in [0.2, 0.25) is 0 Å². The maximum Gasteiger partial charge on any atom is 0.305 e. The largest absolute Gasteiger partial charge is 0.493 e. The van der Waals surface area contributed by atoms with E-state index in [0.29, 0.717) is 12.3 Å². The van der Waals surface area contributed by atoms with Crippen LogP contribution >= 0.6 is 0 Å². The average molecular weight is 246 g/mol. The van der Waals surface area contributed by atoms with E-state index in [4.69, 9.17) is 9.47 Å². The van der Waals surface area contributed by atoms with E-state index >= 15 is 0 Å². The number of methoxy groups -OCH3 is 1. The first-order valence-corrected chi connectivity index (χ1v) is 6.64. The number of hydrogen-bond donors (Lipinski definition) is 0. The lowest BCUT2D eigenvalue weighted by Gasteiger charge is -2.14. The minimum absolute atomic E-state index is 0.104. The summed E-state index contributed by atoms with van der Waals surface area (Å²) in [5, 5.41) is 0. The second-order valence-electron chi connectivity index (χ2n) is 5.06. The summed E-state index contributed by atoms with van der Waals surface area (Å²) >= 11 is 0. The molecule has 0 saturated carbocycles. The first-order valence-electron chi connectivity index (χ1n) is 6.64. The van der Waals surface area contributed by atoms with Crippen molar-refractivity contribution in [1.82, 2.24) is 0 Å². The molecule has 1 heterocycles. The highest BCUT2D eigenvalue weighted by Crippen LogP contribution is 2.43. The van der Waals surface area contributed by atoms with Gasteiger partial charge in [-0.3, -0.25) is 4.79 Å². The van der Waals surface area contributed by atoms with E-state index in [2.05, 4.69) is 12.1 Å². The maximum atomic E-state index is 11.3. The first-order chi connectivity index (χ1) is 8.79. The number of benzene rings is 1. The van der Waals surface area contributed by atoms with Crippen LogP contribution in [0.2, 0.25) is 0 Å². The lowest BCUT2D eigenvalue weighted by atomic mass is 9.91. The molecule has 2 aliphatic rings. The van der Waals surface area contributed by atoms with Crippen molar-refractivity contribution in [1.29, 1.82) is 0 Å². The van der Waals surface area contributed by atoms with E-state index < -0.39 is 0 Å². The third kappa shape index (κ3) is 1.88. The van der Waals surface area contributed by atoms with Gasteiger partial charge < -0.3 is 9.47 Å². The van der Waals surface area contributed by atoms with Gasteiger partial charge >= 0.3 is 5.97 Å². The Balaban J connectivity index is 1.82. The van der Waals surface area contributed by atoms with Gasteiger partial charge in [-0.15, -0.1) is 0 Å². The zero-order chi connectivity index (χ0) is 12.5. The molecular formula is C15H18O3. The van der Waals surface area contributed by atoms with Crippen molar-refractivity contribution in [3.63, 3.8) is 0 Å². The minimum atomic E-state index is -0.104. The number of hydrogen-bond acceptors (Lipinski definition) is 3. The fraction of sp³-hybridized carbons (Fsp3) is 0.533. The molecule has 1 aromatic carbocycles. The molecule has 3 heteroatoms. The molecule has 0 aromatic heterocycles. The molecule has 1 aliphatic heterocycles. The number of ether oxygens (including phenoxy) is 2. The standard InChI is InChI=1S/C15H18O3/c1-17-14(16)7-5-11-3-2-10-4-6-13-12(15(10)11)8-9-18-13/h4,6,11H,2-3,5,7-9H2,1H3. The van der Waals surface area contributed by atoms with E-state index in [1.165, 1.54) is 23.8 Å². The molecule has 1 aliphatic carbocycles. The number of fused-ring (bicyclic) bond motifs is 3. The molecule has 3 nitrogen and oxygen atoms in total. The predicted octanol–water partition coefficient (Wildman–Crippen LogP) is 2.60. The summed E-state index contributed by atoms with van der Waals surface area (Å²) in [7, 11) is 1.45. The van der Waals surface area contributed by atoms with E-state index in [1.807, 2.05) is 0 Å². The topological polar surface area (TPSA) is 35.5 Å². The first kappa shape index (κ1) is 11.6. The second kappa shape index (κ2) is 4.63. The van der Waals surface area contributed by atoms with Crippen LogP contribution in [0.3, 0.4) is 0 Å². The Morgan fingerprint density at radius 2 is 2.33 bits per heavy atom. The van der Waals surface area contributed by atoms with Crippen LogP contribution in [0.25, 0.3) is 0 Å². The van der Waals surface area contributed by atoms with Crippen molar-refractivity contribution < 1.29 is 14.3 Å². The highest BCUT2D eigenvalue weighted by atomic mass is 16.5. The van der Waals surface area contributed by atoms with E-state index in [1.54, 1.807) is 0 Å². The fourth-order valence-corrected chi connectivity index (χ4v) is 3.23. The summed E-state index contributed by atoms with van der Waals surface area (Å²) in [5.74, 6) is 1.46. The van der Waals surface area contributed by atoms with Gasteiger partial charge in [-0.05, 0) is 42.4 Å². The van der Waals surface area contributed by atoms with E-state index in [-0.39, 0.29) is 5.97 Å². The Morgan fingerprint density at radius 1 is 1.44 bits per heavy atom. The normalized spacial score (nSPS) is 20.2. The van der Waals surface area contributed by atoms with Crippen LogP contribution in [0.15, 0.2) is 12.1 Å². The predicted molar refractivity (Wildman–Crippen MR) is 68.0 cm³/mol. The molecule has 0 saturated heterocycles. The average Bonchev–Trinajstić information content (AvgIpc) is 3.01. The zero-order valence-corrected chi connectivity index (χ0v) is 10.7. The number of carbonyl (C=O) groups excluding carboxylic acids is 1. The van der Waals surface area contributed by atoms with Crippen LogP contribution in [0, 0.1) is 0 Å². The number of esters is 1. The summed E-state index contributed by atoms with van der Waals surface area (Å²) in [5.41, 5.74) is 4.31. The second-order valence-corrected chi connectivity index (χ2v) is 5.06. The summed E-state index contributed by atoms with van der Waals surface area (Å²) in [6, 6.07) is 4.29. The molecule has 0 bridgehead atoms. The van der Waals surface area contributed by atoms with Crippen LogP contribution in [0.5, 0.6) is 5.75 Å². The van der Waals surface area contributed by atoms with Crippen molar-refractivity contribution in [2.24, 2.45) is 0 Å². The monoisotopic (exact) mass is 246 g/mol. The van der Waals surface area contributed by atoms with Crippen LogP contribution in [0.4, 0.5) is 0 Å². The van der Waals surface area contributed by atoms with Gasteiger partial charge in [0.25, 0.3) is 0 Å². The molecule has 0 radical (unpaired) electrons. The van der Waals surface area contributed by atoms with Gasteiger partial charge in [0, 0.05) is 18.4 Å². The highest BCUT2D eigenvalue weighted by molar-refractivity contribution is 5.69. The molecule has 0 spiro atoms. The van der Waals surface area contributed by atoms with Crippen LogP contribution in [-0.2, 0) is 22.4 Å². The van der Waals surface area contributed by atoms with Crippen molar-refractivity contribution in [3.8, 4) is 5.75 Å². The quantitative estimate of drug-likeness (QED) is 0.769. The molecule has 0 fully saturated rings. The molecular weight excluding hydrogens is 228 g/mol. The van der Waals surface area contributed by atoms with Gasteiger partial charge in [0.15, 0.2) is 0 Å². The highest BCUT2D eigenvalue weighted by Gasteiger charge is 2.29. The Morgan fingerprint density at radius 3 is 3.17 bits per heavy atom. The van der Waals surface area contributed by atoms with Crippen molar-refractivity contribution in [2.75, 3.05) is 13.7 Å². The van der Waals surface area contributed by atoms with Gasteiger partial charge in [0.05, 0.1) is 13.7 Å². The van der Waals surface area contributed by atoms with Crippen LogP contribution < -0.4 is 4.74 Å². The van der Waals surface area contributed by atoms with Gasteiger partial charge in [-0.2, -0.15) is 0 Å². The summed E-state index contributed by atoms with van der Waals surface area (Å²) < 4.78 is 10.4. The van der Waals surface area contributed by atoms with E-state index in [0.717, 1.165) is 38.0 Å². The Kier molecular flexibility index (Phi) is 2.98. The molecule has 0 N–H and O–H groups in total. The number of rotatable bonds is 3. The minimum Gasteiger partial charge on any atom is -0.493 e. The van der Waals surface area contributed by atoms with Crippen molar-refractivity contribution >= 4 is 5.97 Å². The van der Waals surface area contributed by atoms with Gasteiger partial charge in [-0.1, -0.05) is 6.07 Å². The third-order valence-corrected chi connectivity index (χ3v) is 4.11. The molecule has 96 valence electrons. The molecule has 1 atom stereocenters. The Hall–Kier alpha value is -1.51. The zero-order valence-electron chi connectivity index (χ0n) is 10.7. The number of carbonyl (C=O) groups is 1. The molecule has 3 rings (SSSR count). The fourth-order valence-electron chi connectivity index (χ4n) is 3.23. The maximum absolute atomic E-state index is 11.3. The molecule has 0 amide bonds.